The molecule has 6 nitrogen and oxygen atoms in total. The van der Waals surface area contributed by atoms with Crippen LogP contribution in [0.2, 0.25) is 5.15 Å². The summed E-state index contributed by atoms with van der Waals surface area (Å²) < 4.78 is 10.1. The zero-order valence-electron chi connectivity index (χ0n) is 10.3. The average Bonchev–Trinajstić information content (AvgIpc) is 2.32. The number of carbonyl (C=O) groups excluding carboxylic acids is 1. The minimum atomic E-state index is -0.288. The molecule has 0 saturated heterocycles. The number of anilines is 1. The number of halogens is 1. The van der Waals surface area contributed by atoms with Gasteiger partial charge in [-0.05, 0) is 12.1 Å². The molecule has 0 bridgehead atoms. The lowest BCUT2D eigenvalue weighted by atomic mass is 10.2. The second-order valence-electron chi connectivity index (χ2n) is 3.63. The van der Waals surface area contributed by atoms with E-state index in [0.29, 0.717) is 18.7 Å². The number of nitrogens with one attached hydrogen (secondary N) is 1. The molecular weight excluding hydrogens is 258 g/mol. The molecule has 1 rings (SSSR count). The summed E-state index contributed by atoms with van der Waals surface area (Å²) in [5, 5.41) is 2.88. The Labute approximate surface area is 110 Å². The molecule has 0 radical (unpaired) electrons. The van der Waals surface area contributed by atoms with Gasteiger partial charge in [0.25, 0.3) is 5.91 Å². The molecular formula is C11H16ClN3O3. The highest BCUT2D eigenvalue weighted by atomic mass is 35.5. The van der Waals surface area contributed by atoms with Crippen LogP contribution in [0, 0.1) is 0 Å². The third-order valence-electron chi connectivity index (χ3n) is 2.25. The van der Waals surface area contributed by atoms with Gasteiger partial charge in [0.2, 0.25) is 0 Å². The summed E-state index contributed by atoms with van der Waals surface area (Å²) in [5.41, 5.74) is 5.87. The fourth-order valence-electron chi connectivity index (χ4n) is 1.35. The van der Waals surface area contributed by atoms with Crippen molar-refractivity contribution in [1.82, 2.24) is 10.3 Å². The van der Waals surface area contributed by atoms with Gasteiger partial charge in [-0.15, -0.1) is 0 Å². The molecule has 0 aliphatic rings. The van der Waals surface area contributed by atoms with E-state index >= 15 is 0 Å². The fourth-order valence-corrected chi connectivity index (χ4v) is 1.57. The summed E-state index contributed by atoms with van der Waals surface area (Å²) in [6, 6.07) is 2.91. The van der Waals surface area contributed by atoms with Crippen molar-refractivity contribution in [2.24, 2.45) is 0 Å². The number of rotatable bonds is 6. The third-order valence-corrected chi connectivity index (χ3v) is 2.45. The molecule has 0 spiro atoms. The molecule has 0 fully saturated rings. The first kappa shape index (κ1) is 14.7. The van der Waals surface area contributed by atoms with Crippen LogP contribution in [0.4, 0.5) is 5.82 Å². The van der Waals surface area contributed by atoms with Gasteiger partial charge in [0, 0.05) is 26.3 Å². The van der Waals surface area contributed by atoms with Crippen molar-refractivity contribution in [3.05, 3.63) is 22.8 Å². The Hall–Kier alpha value is -1.37. The Morgan fingerprint density at radius 1 is 1.56 bits per heavy atom. The number of nitrogens with zero attached hydrogens (tertiary/aromatic N) is 1. The van der Waals surface area contributed by atoms with Gasteiger partial charge in [0.15, 0.2) is 0 Å². The number of aromatic nitrogens is 1. The van der Waals surface area contributed by atoms with E-state index in [1.54, 1.807) is 14.2 Å². The monoisotopic (exact) mass is 273 g/mol. The van der Waals surface area contributed by atoms with Gasteiger partial charge in [-0.1, -0.05) is 11.6 Å². The molecule has 0 aliphatic heterocycles. The number of nitrogen functional groups attached to an aromatic ring is 1. The van der Waals surface area contributed by atoms with Crippen LogP contribution >= 0.6 is 11.6 Å². The van der Waals surface area contributed by atoms with Crippen LogP contribution in [0.1, 0.15) is 10.4 Å². The maximum atomic E-state index is 11.8. The first-order valence-electron chi connectivity index (χ1n) is 5.29. The molecule has 0 aliphatic carbocycles. The van der Waals surface area contributed by atoms with Crippen LogP contribution in [0.5, 0.6) is 0 Å². The summed E-state index contributed by atoms with van der Waals surface area (Å²) in [4.78, 5) is 15.6. The number of pyridine rings is 1. The topological polar surface area (TPSA) is 86.5 Å². The van der Waals surface area contributed by atoms with Gasteiger partial charge in [-0.2, -0.15) is 0 Å². The van der Waals surface area contributed by atoms with Gasteiger partial charge in [-0.3, -0.25) is 4.79 Å². The molecule has 18 heavy (non-hydrogen) atoms. The smallest absolute Gasteiger partial charge is 0.251 e. The standard InChI is InChI=1S/C11H16ClN3O3/c1-17-6-8(18-2)5-14-11(16)7-3-9(12)15-10(13)4-7/h3-4,8H,5-6H2,1-2H3,(H2,13,15)(H,14,16). The predicted octanol–water partition coefficient (Wildman–Crippen LogP) is 0.708. The van der Waals surface area contributed by atoms with Crippen LogP contribution in [-0.2, 0) is 9.47 Å². The predicted molar refractivity (Wildman–Crippen MR) is 68.7 cm³/mol. The number of nitrogens with two attached hydrogens (primary N) is 1. The Morgan fingerprint density at radius 3 is 2.83 bits per heavy atom. The van der Waals surface area contributed by atoms with E-state index in [2.05, 4.69) is 10.3 Å². The zero-order chi connectivity index (χ0) is 13.5. The minimum absolute atomic E-state index is 0.181. The summed E-state index contributed by atoms with van der Waals surface area (Å²) >= 11 is 5.72. The molecule has 1 heterocycles. The summed E-state index contributed by atoms with van der Waals surface area (Å²) in [6.45, 7) is 0.735. The van der Waals surface area contributed by atoms with Crippen molar-refractivity contribution in [2.75, 3.05) is 33.1 Å². The van der Waals surface area contributed by atoms with E-state index < -0.39 is 0 Å². The average molecular weight is 274 g/mol. The van der Waals surface area contributed by atoms with Crippen LogP contribution in [0.3, 0.4) is 0 Å². The zero-order valence-corrected chi connectivity index (χ0v) is 11.0. The lowest BCUT2D eigenvalue weighted by Crippen LogP contribution is -2.35. The number of hydrogen-bond acceptors (Lipinski definition) is 5. The molecule has 1 aromatic heterocycles. The van der Waals surface area contributed by atoms with E-state index in [1.165, 1.54) is 12.1 Å². The van der Waals surface area contributed by atoms with Crippen molar-refractivity contribution >= 4 is 23.3 Å². The van der Waals surface area contributed by atoms with Gasteiger partial charge in [-0.25, -0.2) is 4.98 Å². The number of methoxy groups -OCH3 is 2. The summed E-state index contributed by atoms with van der Waals surface area (Å²) in [6.07, 6.45) is -0.200. The second kappa shape index (κ2) is 7.15. The number of ether oxygens (including phenoxy) is 2. The molecule has 1 amide bonds. The lowest BCUT2D eigenvalue weighted by Gasteiger charge is -2.15. The van der Waals surface area contributed by atoms with Crippen molar-refractivity contribution < 1.29 is 14.3 Å². The quantitative estimate of drug-likeness (QED) is 0.746. The fraction of sp³-hybridized carbons (Fsp3) is 0.455. The maximum absolute atomic E-state index is 11.8. The molecule has 7 heteroatoms. The van der Waals surface area contributed by atoms with Crippen molar-refractivity contribution in [3.63, 3.8) is 0 Å². The SMILES string of the molecule is COCC(CNC(=O)c1cc(N)nc(Cl)c1)OC. The summed E-state index contributed by atoms with van der Waals surface area (Å²) in [5.74, 6) is -0.0861. The Morgan fingerprint density at radius 2 is 2.28 bits per heavy atom. The lowest BCUT2D eigenvalue weighted by molar-refractivity contribution is 0.0285. The molecule has 100 valence electrons. The number of amides is 1. The molecule has 3 N–H and O–H groups in total. The normalized spacial score (nSPS) is 12.2. The minimum Gasteiger partial charge on any atom is -0.384 e. The van der Waals surface area contributed by atoms with Gasteiger partial charge < -0.3 is 20.5 Å². The van der Waals surface area contributed by atoms with Gasteiger partial charge in [0.1, 0.15) is 11.0 Å². The Balaban J connectivity index is 2.59. The highest BCUT2D eigenvalue weighted by molar-refractivity contribution is 6.29. The Kier molecular flexibility index (Phi) is 5.84. The summed E-state index contributed by atoms with van der Waals surface area (Å²) in [7, 11) is 3.12. The van der Waals surface area contributed by atoms with Gasteiger partial charge in [0.05, 0.1) is 12.7 Å². The number of hydrogen-bond donors (Lipinski definition) is 2. The van der Waals surface area contributed by atoms with Crippen molar-refractivity contribution in [2.45, 2.75) is 6.10 Å². The largest absolute Gasteiger partial charge is 0.384 e. The van der Waals surface area contributed by atoms with Crippen LogP contribution in [0.25, 0.3) is 0 Å². The van der Waals surface area contributed by atoms with Crippen molar-refractivity contribution in [3.8, 4) is 0 Å². The Bertz CT molecular complexity index is 394. The molecule has 1 aromatic rings. The van der Waals surface area contributed by atoms with E-state index in [0.717, 1.165) is 0 Å². The molecule has 0 saturated carbocycles. The molecule has 0 aromatic carbocycles. The van der Waals surface area contributed by atoms with Crippen LogP contribution in [0.15, 0.2) is 12.1 Å². The number of carbonyl (C=O) groups is 1. The molecule has 1 atom stereocenters. The molecule has 1 unspecified atom stereocenters. The first-order valence-corrected chi connectivity index (χ1v) is 5.67. The van der Waals surface area contributed by atoms with Gasteiger partial charge >= 0.3 is 0 Å². The maximum Gasteiger partial charge on any atom is 0.251 e. The van der Waals surface area contributed by atoms with E-state index in [9.17, 15) is 4.79 Å². The van der Waals surface area contributed by atoms with Crippen LogP contribution < -0.4 is 11.1 Å². The highest BCUT2D eigenvalue weighted by Crippen LogP contribution is 2.11. The van der Waals surface area contributed by atoms with E-state index in [1.807, 2.05) is 0 Å². The highest BCUT2D eigenvalue weighted by Gasteiger charge is 2.12. The first-order chi connectivity index (χ1) is 8.56. The van der Waals surface area contributed by atoms with Crippen molar-refractivity contribution in [1.29, 1.82) is 0 Å². The van der Waals surface area contributed by atoms with E-state index in [4.69, 9.17) is 26.8 Å². The second-order valence-corrected chi connectivity index (χ2v) is 4.01. The third kappa shape index (κ3) is 4.48. The van der Waals surface area contributed by atoms with Crippen LogP contribution in [-0.4, -0.2) is 44.4 Å². The van der Waals surface area contributed by atoms with E-state index in [-0.39, 0.29) is 23.0 Å².